The number of hydrogen-bond acceptors (Lipinski definition) is 5. The summed E-state index contributed by atoms with van der Waals surface area (Å²) in [5.41, 5.74) is 0. The number of carbonyl (C=O) groups is 1. The van der Waals surface area contributed by atoms with Crippen LogP contribution in [0.25, 0.3) is 0 Å². The Morgan fingerprint density at radius 2 is 0.842 bits per heavy atom. The van der Waals surface area contributed by atoms with E-state index in [0.717, 1.165) is 51.4 Å². The average molecular weight is 802 g/mol. The lowest BCUT2D eigenvalue weighted by Gasteiger charge is -2.27. The number of hydrogen-bond donors (Lipinski definition) is 5. The Balaban J connectivity index is 3.75. The molecule has 6 nitrogen and oxygen atoms in total. The van der Waals surface area contributed by atoms with Crippen molar-refractivity contribution < 1.29 is 25.2 Å². The van der Waals surface area contributed by atoms with Crippen LogP contribution in [0, 0.1) is 0 Å². The maximum atomic E-state index is 12.5. The Hall–Kier alpha value is -1.73. The SMILES string of the molecule is CC/C=C\C/C=C\CCCCCCCCCCCCCCCC(O)C(=O)NC(CO)C(O)C(O)CCC/C=C/CC/C=C/CCCCCCCCCCCCCC. The molecular weight excluding hydrogens is 707 g/mol. The van der Waals surface area contributed by atoms with Gasteiger partial charge in [0.25, 0.3) is 0 Å². The van der Waals surface area contributed by atoms with Crippen LogP contribution >= 0.6 is 0 Å². The second-order valence-electron chi connectivity index (χ2n) is 16.8. The van der Waals surface area contributed by atoms with Crippen LogP contribution in [0.15, 0.2) is 48.6 Å². The van der Waals surface area contributed by atoms with Gasteiger partial charge in [0.15, 0.2) is 0 Å². The molecule has 0 aromatic heterocycles. The van der Waals surface area contributed by atoms with Crippen LogP contribution in [0.3, 0.4) is 0 Å². The molecule has 0 spiro atoms. The van der Waals surface area contributed by atoms with Crippen molar-refractivity contribution in [1.29, 1.82) is 0 Å². The zero-order valence-electron chi connectivity index (χ0n) is 37.6. The fourth-order valence-electron chi connectivity index (χ4n) is 7.40. The number of amides is 1. The van der Waals surface area contributed by atoms with Crippen LogP contribution in [-0.2, 0) is 4.79 Å². The minimum Gasteiger partial charge on any atom is -0.394 e. The molecule has 0 radical (unpaired) electrons. The molecule has 1 amide bonds. The van der Waals surface area contributed by atoms with Crippen LogP contribution in [0.1, 0.15) is 239 Å². The zero-order chi connectivity index (χ0) is 41.7. The highest BCUT2D eigenvalue weighted by molar-refractivity contribution is 5.80. The molecule has 0 aliphatic heterocycles. The fraction of sp³-hybridized carbons (Fsp3) is 0.824. The van der Waals surface area contributed by atoms with Crippen molar-refractivity contribution in [2.24, 2.45) is 0 Å². The topological polar surface area (TPSA) is 110 Å². The van der Waals surface area contributed by atoms with E-state index in [1.807, 2.05) is 0 Å². The Bertz CT molecular complexity index is 946. The molecule has 0 aliphatic carbocycles. The van der Waals surface area contributed by atoms with Gasteiger partial charge in [-0.15, -0.1) is 0 Å². The molecule has 334 valence electrons. The van der Waals surface area contributed by atoms with Gasteiger partial charge in [0, 0.05) is 0 Å². The summed E-state index contributed by atoms with van der Waals surface area (Å²) in [6.07, 6.45) is 55.8. The van der Waals surface area contributed by atoms with Crippen LogP contribution in [-0.4, -0.2) is 57.3 Å². The summed E-state index contributed by atoms with van der Waals surface area (Å²) < 4.78 is 0. The lowest BCUT2D eigenvalue weighted by atomic mass is 10.00. The van der Waals surface area contributed by atoms with E-state index in [4.69, 9.17) is 0 Å². The molecule has 0 aromatic carbocycles. The quantitative estimate of drug-likeness (QED) is 0.0311. The van der Waals surface area contributed by atoms with Crippen molar-refractivity contribution in [3.63, 3.8) is 0 Å². The van der Waals surface area contributed by atoms with Crippen LogP contribution in [0.4, 0.5) is 0 Å². The molecule has 0 saturated heterocycles. The van der Waals surface area contributed by atoms with Gasteiger partial charge in [-0.05, 0) is 77.0 Å². The van der Waals surface area contributed by atoms with Crippen molar-refractivity contribution in [2.45, 2.75) is 263 Å². The van der Waals surface area contributed by atoms with E-state index in [2.05, 4.69) is 67.8 Å². The fourth-order valence-corrected chi connectivity index (χ4v) is 7.40. The van der Waals surface area contributed by atoms with Crippen molar-refractivity contribution in [3.05, 3.63) is 48.6 Å². The zero-order valence-corrected chi connectivity index (χ0v) is 37.6. The van der Waals surface area contributed by atoms with E-state index in [1.165, 1.54) is 154 Å². The number of allylic oxidation sites excluding steroid dienone is 8. The first-order valence-electron chi connectivity index (χ1n) is 24.5. The van der Waals surface area contributed by atoms with Crippen molar-refractivity contribution in [2.75, 3.05) is 6.61 Å². The number of rotatable bonds is 44. The third kappa shape index (κ3) is 39.5. The van der Waals surface area contributed by atoms with Crippen molar-refractivity contribution in [3.8, 4) is 0 Å². The highest BCUT2D eigenvalue weighted by Gasteiger charge is 2.28. The summed E-state index contributed by atoms with van der Waals surface area (Å²) in [6, 6.07) is -1.01. The van der Waals surface area contributed by atoms with E-state index in [9.17, 15) is 25.2 Å². The summed E-state index contributed by atoms with van der Waals surface area (Å²) in [5, 5.41) is 43.8. The first kappa shape index (κ1) is 55.3. The molecule has 4 unspecified atom stereocenters. The highest BCUT2D eigenvalue weighted by Crippen LogP contribution is 2.16. The highest BCUT2D eigenvalue weighted by atomic mass is 16.3. The van der Waals surface area contributed by atoms with Gasteiger partial charge in [-0.3, -0.25) is 4.79 Å². The molecule has 0 heterocycles. The molecule has 0 saturated carbocycles. The summed E-state index contributed by atoms with van der Waals surface area (Å²) in [6.45, 7) is 3.95. The second kappa shape index (κ2) is 45.4. The standard InChI is InChI=1S/C51H95NO5/c1-3-5-7-9-11-13-15-17-19-21-23-25-27-28-30-32-34-36-38-40-42-44-48(54)50(56)47(46-53)52-51(57)49(55)45-43-41-39-37-35-33-31-29-26-24-22-20-18-16-14-12-10-8-6-4-2/h6,8,12,14,28,30,36,38,47-50,53-56H,3-5,7,9-11,13,15-27,29,31-35,37,39-46H2,1-2H3,(H,52,57)/b8-6-,14-12-,30-28+,38-36+. The Morgan fingerprint density at radius 1 is 0.456 bits per heavy atom. The molecule has 6 heteroatoms. The molecule has 0 fully saturated rings. The predicted molar refractivity (Wildman–Crippen MR) is 247 cm³/mol. The minimum atomic E-state index is -1.29. The molecule has 4 atom stereocenters. The van der Waals surface area contributed by atoms with E-state index in [-0.39, 0.29) is 0 Å². The average Bonchev–Trinajstić information content (AvgIpc) is 3.22. The predicted octanol–water partition coefficient (Wildman–Crippen LogP) is 13.5. The van der Waals surface area contributed by atoms with E-state index in [0.29, 0.717) is 19.3 Å². The monoisotopic (exact) mass is 802 g/mol. The normalized spacial score (nSPS) is 14.4. The van der Waals surface area contributed by atoms with E-state index >= 15 is 0 Å². The van der Waals surface area contributed by atoms with Crippen LogP contribution in [0.2, 0.25) is 0 Å². The molecule has 0 aromatic rings. The number of aliphatic hydroxyl groups is 4. The largest absolute Gasteiger partial charge is 0.394 e. The second-order valence-corrected chi connectivity index (χ2v) is 16.8. The Morgan fingerprint density at radius 3 is 1.30 bits per heavy atom. The lowest BCUT2D eigenvalue weighted by molar-refractivity contribution is -0.132. The number of carbonyl (C=O) groups excluding carboxylic acids is 1. The van der Waals surface area contributed by atoms with Gasteiger partial charge in [-0.25, -0.2) is 0 Å². The molecular formula is C51H95NO5. The summed E-state index contributed by atoms with van der Waals surface area (Å²) in [5.74, 6) is -0.598. The Labute approximate surface area is 353 Å². The van der Waals surface area contributed by atoms with Gasteiger partial charge in [-0.1, -0.05) is 210 Å². The van der Waals surface area contributed by atoms with Gasteiger partial charge >= 0.3 is 0 Å². The maximum Gasteiger partial charge on any atom is 0.249 e. The van der Waals surface area contributed by atoms with Gasteiger partial charge in [0.1, 0.15) is 12.2 Å². The van der Waals surface area contributed by atoms with Crippen molar-refractivity contribution in [1.82, 2.24) is 5.32 Å². The minimum absolute atomic E-state index is 0.358. The summed E-state index contributed by atoms with van der Waals surface area (Å²) >= 11 is 0. The summed E-state index contributed by atoms with van der Waals surface area (Å²) in [7, 11) is 0. The van der Waals surface area contributed by atoms with Crippen LogP contribution in [0.5, 0.6) is 0 Å². The maximum absolute atomic E-state index is 12.5. The van der Waals surface area contributed by atoms with E-state index in [1.54, 1.807) is 0 Å². The Kier molecular flexibility index (Phi) is 44.0. The number of unbranched alkanes of at least 4 members (excludes halogenated alkanes) is 27. The third-order valence-corrected chi connectivity index (χ3v) is 11.3. The van der Waals surface area contributed by atoms with E-state index < -0.39 is 36.9 Å². The summed E-state index contributed by atoms with van der Waals surface area (Å²) in [4.78, 5) is 12.5. The van der Waals surface area contributed by atoms with Gasteiger partial charge in [0.05, 0.1) is 18.8 Å². The molecule has 0 bridgehead atoms. The smallest absolute Gasteiger partial charge is 0.249 e. The van der Waals surface area contributed by atoms with Crippen molar-refractivity contribution >= 4 is 5.91 Å². The number of nitrogens with one attached hydrogen (secondary N) is 1. The molecule has 57 heavy (non-hydrogen) atoms. The first-order chi connectivity index (χ1) is 28.0. The molecule has 0 aliphatic rings. The van der Waals surface area contributed by atoms with Gasteiger partial charge < -0.3 is 25.7 Å². The lowest BCUT2D eigenvalue weighted by Crippen LogP contribution is -2.53. The first-order valence-corrected chi connectivity index (χ1v) is 24.5. The third-order valence-electron chi connectivity index (χ3n) is 11.3. The van der Waals surface area contributed by atoms with Crippen LogP contribution < -0.4 is 5.32 Å². The van der Waals surface area contributed by atoms with Gasteiger partial charge in [0.2, 0.25) is 5.91 Å². The molecule has 5 N–H and O–H groups in total. The number of aliphatic hydroxyl groups excluding tert-OH is 4. The van der Waals surface area contributed by atoms with Gasteiger partial charge in [-0.2, -0.15) is 0 Å². The molecule has 0 rings (SSSR count).